The van der Waals surface area contributed by atoms with Gasteiger partial charge in [0.25, 0.3) is 0 Å². The summed E-state index contributed by atoms with van der Waals surface area (Å²) < 4.78 is 0. The monoisotopic (exact) mass is 225 g/mol. The standard InChI is InChI=1S/C10H10N2S.ClH/c11-6-9-7-13-10(12-9)8-4-2-1-3-5-8;/h1-5,7H,6,11H2;1H/p-1. The number of nitrogens with zero attached hydrogens (tertiary/aromatic N) is 1. The Labute approximate surface area is 93.2 Å². The molecule has 0 atom stereocenters. The molecule has 0 saturated carbocycles. The normalized spacial score (nSPS) is 9.50. The van der Waals surface area contributed by atoms with Crippen molar-refractivity contribution in [3.63, 3.8) is 0 Å². The zero-order valence-corrected chi connectivity index (χ0v) is 9.05. The van der Waals surface area contributed by atoms with Gasteiger partial charge in [-0.05, 0) is 0 Å². The van der Waals surface area contributed by atoms with Crippen LogP contribution in [0.5, 0.6) is 0 Å². The minimum atomic E-state index is 0. The Morgan fingerprint density at radius 2 is 1.93 bits per heavy atom. The van der Waals surface area contributed by atoms with E-state index >= 15 is 0 Å². The third kappa shape index (κ3) is 2.32. The van der Waals surface area contributed by atoms with E-state index in [0.717, 1.165) is 16.3 Å². The summed E-state index contributed by atoms with van der Waals surface area (Å²) in [4.78, 5) is 4.39. The van der Waals surface area contributed by atoms with Crippen LogP contribution in [0.1, 0.15) is 5.69 Å². The zero-order chi connectivity index (χ0) is 9.10. The molecule has 0 aliphatic rings. The highest BCUT2D eigenvalue weighted by atomic mass is 35.5. The lowest BCUT2D eigenvalue weighted by atomic mass is 10.2. The molecule has 0 fully saturated rings. The first-order valence-corrected chi connectivity index (χ1v) is 4.98. The molecule has 2 N–H and O–H groups in total. The van der Waals surface area contributed by atoms with Crippen molar-refractivity contribution in [3.05, 3.63) is 41.4 Å². The molecular formula is C10H10ClN2S-. The van der Waals surface area contributed by atoms with Crippen molar-refractivity contribution in [3.8, 4) is 10.6 Å². The SMILES string of the molecule is NCc1csc(-c2ccccc2)n1.[Cl-]. The summed E-state index contributed by atoms with van der Waals surface area (Å²) >= 11 is 1.64. The summed E-state index contributed by atoms with van der Waals surface area (Å²) in [7, 11) is 0. The van der Waals surface area contributed by atoms with E-state index in [0.29, 0.717) is 6.54 Å². The molecular weight excluding hydrogens is 216 g/mol. The molecule has 14 heavy (non-hydrogen) atoms. The molecule has 0 amide bonds. The average molecular weight is 226 g/mol. The summed E-state index contributed by atoms with van der Waals surface area (Å²) in [6, 6.07) is 10.1. The van der Waals surface area contributed by atoms with Crippen molar-refractivity contribution in [2.45, 2.75) is 6.54 Å². The van der Waals surface area contributed by atoms with Crippen LogP contribution in [0.25, 0.3) is 10.6 Å². The van der Waals surface area contributed by atoms with Crippen molar-refractivity contribution in [2.24, 2.45) is 5.73 Å². The molecule has 0 bridgehead atoms. The highest BCUT2D eigenvalue weighted by molar-refractivity contribution is 7.13. The van der Waals surface area contributed by atoms with Crippen molar-refractivity contribution in [1.82, 2.24) is 4.98 Å². The molecule has 0 aliphatic heterocycles. The summed E-state index contributed by atoms with van der Waals surface area (Å²) in [6.07, 6.45) is 0. The summed E-state index contributed by atoms with van der Waals surface area (Å²) in [5.74, 6) is 0. The smallest absolute Gasteiger partial charge is 0.123 e. The van der Waals surface area contributed by atoms with Crippen molar-refractivity contribution in [2.75, 3.05) is 0 Å². The molecule has 2 aromatic rings. The second kappa shape index (κ2) is 5.10. The number of thiazole rings is 1. The minimum absolute atomic E-state index is 0. The number of nitrogens with two attached hydrogens (primary N) is 1. The Hall–Kier alpha value is -0.900. The first-order valence-electron chi connectivity index (χ1n) is 4.10. The Morgan fingerprint density at radius 1 is 1.21 bits per heavy atom. The molecule has 0 spiro atoms. The molecule has 0 unspecified atom stereocenters. The highest BCUT2D eigenvalue weighted by Crippen LogP contribution is 2.22. The molecule has 2 rings (SSSR count). The van der Waals surface area contributed by atoms with E-state index in [4.69, 9.17) is 5.73 Å². The Morgan fingerprint density at radius 3 is 2.50 bits per heavy atom. The maximum atomic E-state index is 5.49. The van der Waals surface area contributed by atoms with Crippen LogP contribution in [0, 0.1) is 0 Å². The largest absolute Gasteiger partial charge is 1.00 e. The zero-order valence-electron chi connectivity index (χ0n) is 7.48. The van der Waals surface area contributed by atoms with Crippen LogP contribution in [0.15, 0.2) is 35.7 Å². The van der Waals surface area contributed by atoms with Gasteiger partial charge in [0.05, 0.1) is 5.69 Å². The predicted molar refractivity (Wildman–Crippen MR) is 55.4 cm³/mol. The van der Waals surface area contributed by atoms with Gasteiger partial charge in [0.1, 0.15) is 5.01 Å². The van der Waals surface area contributed by atoms with Gasteiger partial charge >= 0.3 is 0 Å². The second-order valence-corrected chi connectivity index (χ2v) is 3.57. The first kappa shape index (κ1) is 11.2. The van der Waals surface area contributed by atoms with E-state index in [-0.39, 0.29) is 12.4 Å². The third-order valence-corrected chi connectivity index (χ3v) is 2.72. The second-order valence-electron chi connectivity index (χ2n) is 2.71. The van der Waals surface area contributed by atoms with Crippen molar-refractivity contribution in [1.29, 1.82) is 0 Å². The van der Waals surface area contributed by atoms with Crippen LogP contribution >= 0.6 is 11.3 Å². The quantitative estimate of drug-likeness (QED) is 0.732. The van der Waals surface area contributed by atoms with Crippen LogP contribution in [-0.2, 0) is 6.54 Å². The van der Waals surface area contributed by atoms with E-state index < -0.39 is 0 Å². The fourth-order valence-corrected chi connectivity index (χ4v) is 1.95. The van der Waals surface area contributed by atoms with Crippen LogP contribution < -0.4 is 18.1 Å². The van der Waals surface area contributed by atoms with Crippen LogP contribution in [0.3, 0.4) is 0 Å². The van der Waals surface area contributed by atoms with E-state index in [1.54, 1.807) is 11.3 Å². The van der Waals surface area contributed by atoms with Crippen LogP contribution in [-0.4, -0.2) is 4.98 Å². The fourth-order valence-electron chi connectivity index (χ4n) is 1.11. The highest BCUT2D eigenvalue weighted by Gasteiger charge is 2.01. The van der Waals surface area contributed by atoms with Gasteiger partial charge in [-0.3, -0.25) is 0 Å². The number of rotatable bonds is 2. The van der Waals surface area contributed by atoms with Crippen molar-refractivity contribution >= 4 is 11.3 Å². The summed E-state index contributed by atoms with van der Waals surface area (Å²) in [5, 5.41) is 3.04. The maximum Gasteiger partial charge on any atom is 0.123 e. The van der Waals surface area contributed by atoms with Crippen LogP contribution in [0.4, 0.5) is 0 Å². The number of benzene rings is 1. The molecule has 1 heterocycles. The summed E-state index contributed by atoms with van der Waals surface area (Å²) in [6.45, 7) is 0.517. The summed E-state index contributed by atoms with van der Waals surface area (Å²) in [5.41, 5.74) is 7.61. The van der Waals surface area contributed by atoms with Gasteiger partial charge in [0.2, 0.25) is 0 Å². The lowest BCUT2D eigenvalue weighted by molar-refractivity contribution is -0.00000267. The maximum absolute atomic E-state index is 5.49. The molecule has 0 radical (unpaired) electrons. The minimum Gasteiger partial charge on any atom is -1.00 e. The molecule has 0 aliphatic carbocycles. The van der Waals surface area contributed by atoms with Gasteiger partial charge in [-0.25, -0.2) is 4.98 Å². The predicted octanol–water partition coefficient (Wildman–Crippen LogP) is -0.727. The van der Waals surface area contributed by atoms with Gasteiger partial charge in [0, 0.05) is 17.5 Å². The van der Waals surface area contributed by atoms with Gasteiger partial charge in [-0.1, -0.05) is 30.3 Å². The van der Waals surface area contributed by atoms with Gasteiger partial charge in [-0.2, -0.15) is 0 Å². The average Bonchev–Trinajstić information content (AvgIpc) is 2.67. The van der Waals surface area contributed by atoms with Gasteiger partial charge in [0.15, 0.2) is 0 Å². The third-order valence-electron chi connectivity index (χ3n) is 1.78. The molecule has 0 saturated heterocycles. The van der Waals surface area contributed by atoms with Crippen molar-refractivity contribution < 1.29 is 12.4 Å². The van der Waals surface area contributed by atoms with Gasteiger partial charge in [-0.15, -0.1) is 11.3 Å². The lowest BCUT2D eigenvalue weighted by Gasteiger charge is -1.93. The van der Waals surface area contributed by atoms with E-state index in [1.807, 2.05) is 23.6 Å². The van der Waals surface area contributed by atoms with Gasteiger partial charge < -0.3 is 18.1 Å². The number of hydrogen-bond acceptors (Lipinski definition) is 3. The molecule has 4 heteroatoms. The number of hydrogen-bond donors (Lipinski definition) is 1. The topological polar surface area (TPSA) is 38.9 Å². The molecule has 1 aromatic heterocycles. The molecule has 2 nitrogen and oxygen atoms in total. The van der Waals surface area contributed by atoms with E-state index in [9.17, 15) is 0 Å². The molecule has 1 aromatic carbocycles. The number of halogens is 1. The molecule has 74 valence electrons. The van der Waals surface area contributed by atoms with E-state index in [2.05, 4.69) is 17.1 Å². The Balaban J connectivity index is 0.000000980. The fraction of sp³-hybridized carbons (Fsp3) is 0.100. The first-order chi connectivity index (χ1) is 6.40. The Bertz CT molecular complexity index is 386. The Kier molecular flexibility index (Phi) is 4.07. The van der Waals surface area contributed by atoms with Crippen LogP contribution in [0.2, 0.25) is 0 Å². The van der Waals surface area contributed by atoms with E-state index in [1.165, 1.54) is 0 Å². The number of aromatic nitrogens is 1. The lowest BCUT2D eigenvalue weighted by Crippen LogP contribution is -3.00.